The van der Waals surface area contributed by atoms with Gasteiger partial charge in [-0.3, -0.25) is 10.1 Å². The third-order valence-corrected chi connectivity index (χ3v) is 5.46. The molecule has 2 N–H and O–H groups in total. The molecule has 0 aliphatic carbocycles. The first-order valence-corrected chi connectivity index (χ1v) is 10.1. The maximum absolute atomic E-state index is 12.9. The molecule has 2 aromatic carbocycles. The molecule has 0 radical (unpaired) electrons. The van der Waals surface area contributed by atoms with Gasteiger partial charge in [0.15, 0.2) is 11.5 Å². The number of rotatable bonds is 5. The topological polar surface area (TPSA) is 111 Å². The maximum Gasteiger partial charge on any atom is 0.336 e. The normalized spacial score (nSPS) is 12.0. The van der Waals surface area contributed by atoms with Gasteiger partial charge < -0.3 is 19.1 Å². The number of nitrogens with zero attached hydrogens (tertiary/aromatic N) is 1. The van der Waals surface area contributed by atoms with Crippen molar-refractivity contribution in [3.63, 3.8) is 0 Å². The van der Waals surface area contributed by atoms with Gasteiger partial charge in [-0.1, -0.05) is 23.4 Å². The van der Waals surface area contributed by atoms with Gasteiger partial charge >= 0.3 is 5.97 Å². The first-order chi connectivity index (χ1) is 15.1. The lowest BCUT2D eigenvalue weighted by molar-refractivity contribution is 0.0697. The van der Waals surface area contributed by atoms with Crippen molar-refractivity contribution < 1.29 is 28.7 Å². The van der Waals surface area contributed by atoms with E-state index in [2.05, 4.69) is 10.5 Å². The van der Waals surface area contributed by atoms with Crippen LogP contribution in [0.25, 0.3) is 22.4 Å². The first kappa shape index (κ1) is 18.9. The molecule has 0 saturated carbocycles. The summed E-state index contributed by atoms with van der Waals surface area (Å²) in [6.07, 6.45) is 0. The molecule has 31 heavy (non-hydrogen) atoms. The van der Waals surface area contributed by atoms with Crippen LogP contribution in [0.4, 0.5) is 5.88 Å². The van der Waals surface area contributed by atoms with Gasteiger partial charge in [0, 0.05) is 22.1 Å². The number of amides is 1. The standard InChI is InChI=1S/C22H14N2O6S/c25-20(12-5-6-16-17(9-12)29-11-28-16)23-21-18(14-3-1-2-4-15(14)22(26)27)19(24-30-21)13-7-8-31-10-13/h1-10H,11H2,(H,23,25)(H,26,27). The lowest BCUT2D eigenvalue weighted by atomic mass is 9.97. The van der Waals surface area contributed by atoms with Gasteiger partial charge in [-0.15, -0.1) is 0 Å². The van der Waals surface area contributed by atoms with Gasteiger partial charge in [0.2, 0.25) is 12.7 Å². The number of fused-ring (bicyclic) bond motifs is 1. The molecule has 0 spiro atoms. The number of anilines is 1. The number of aromatic nitrogens is 1. The van der Waals surface area contributed by atoms with E-state index in [0.717, 1.165) is 5.56 Å². The summed E-state index contributed by atoms with van der Waals surface area (Å²) >= 11 is 1.47. The zero-order valence-electron chi connectivity index (χ0n) is 15.8. The molecule has 1 amide bonds. The molecule has 4 aromatic rings. The molecule has 0 bridgehead atoms. The van der Waals surface area contributed by atoms with Gasteiger partial charge in [-0.05, 0) is 35.7 Å². The zero-order chi connectivity index (χ0) is 21.4. The van der Waals surface area contributed by atoms with E-state index in [-0.39, 0.29) is 18.2 Å². The average Bonchev–Trinajstić information content (AvgIpc) is 3.53. The monoisotopic (exact) mass is 434 g/mol. The predicted octanol–water partition coefficient (Wildman–Crippen LogP) is 4.75. The molecule has 8 nitrogen and oxygen atoms in total. The zero-order valence-corrected chi connectivity index (χ0v) is 16.6. The minimum Gasteiger partial charge on any atom is -0.478 e. The van der Waals surface area contributed by atoms with Crippen LogP contribution in [-0.2, 0) is 0 Å². The first-order valence-electron chi connectivity index (χ1n) is 9.18. The molecule has 154 valence electrons. The number of carbonyl (C=O) groups excluding carboxylic acids is 1. The molecular weight excluding hydrogens is 420 g/mol. The fraction of sp³-hybridized carbons (Fsp3) is 0.0455. The van der Waals surface area contributed by atoms with Crippen LogP contribution in [0.15, 0.2) is 63.8 Å². The van der Waals surface area contributed by atoms with Crippen molar-refractivity contribution in [2.75, 3.05) is 12.1 Å². The van der Waals surface area contributed by atoms with E-state index in [1.165, 1.54) is 17.4 Å². The summed E-state index contributed by atoms with van der Waals surface area (Å²) in [6.45, 7) is 0.0998. The summed E-state index contributed by atoms with van der Waals surface area (Å²) < 4.78 is 16.1. The minimum absolute atomic E-state index is 0.0533. The number of ether oxygens (including phenoxy) is 2. The molecule has 1 aliphatic rings. The molecular formula is C22H14N2O6S. The molecule has 0 atom stereocenters. The van der Waals surface area contributed by atoms with Gasteiger partial charge in [-0.2, -0.15) is 11.3 Å². The number of benzene rings is 2. The fourth-order valence-electron chi connectivity index (χ4n) is 3.32. The Bertz CT molecular complexity index is 1300. The van der Waals surface area contributed by atoms with Gasteiger partial charge in [0.05, 0.1) is 11.1 Å². The van der Waals surface area contributed by atoms with Gasteiger partial charge in [0.1, 0.15) is 5.69 Å². The number of aromatic carboxylic acids is 1. The molecule has 0 unspecified atom stereocenters. The van der Waals surface area contributed by atoms with Crippen LogP contribution in [-0.4, -0.2) is 28.9 Å². The second kappa shape index (κ2) is 7.62. The van der Waals surface area contributed by atoms with Gasteiger partial charge in [0.25, 0.3) is 5.91 Å². The number of carboxylic acids is 1. The highest BCUT2D eigenvalue weighted by Crippen LogP contribution is 2.40. The maximum atomic E-state index is 12.9. The summed E-state index contributed by atoms with van der Waals surface area (Å²) in [5.74, 6) is -0.466. The second-order valence-electron chi connectivity index (χ2n) is 6.62. The molecule has 9 heteroatoms. The summed E-state index contributed by atoms with van der Waals surface area (Å²) in [7, 11) is 0. The van der Waals surface area contributed by atoms with E-state index in [0.29, 0.717) is 33.9 Å². The van der Waals surface area contributed by atoms with Gasteiger partial charge in [-0.25, -0.2) is 4.79 Å². The highest BCUT2D eigenvalue weighted by molar-refractivity contribution is 7.08. The van der Waals surface area contributed by atoms with E-state index < -0.39 is 11.9 Å². The lowest BCUT2D eigenvalue weighted by Crippen LogP contribution is -2.12. The SMILES string of the molecule is O=C(Nc1onc(-c2ccsc2)c1-c1ccccc1C(=O)O)c1ccc2c(c1)OCO2. The van der Waals surface area contributed by atoms with Crippen LogP contribution in [0.3, 0.4) is 0 Å². The predicted molar refractivity (Wildman–Crippen MR) is 113 cm³/mol. The van der Waals surface area contributed by atoms with Crippen molar-refractivity contribution in [1.82, 2.24) is 5.16 Å². The quantitative estimate of drug-likeness (QED) is 0.466. The van der Waals surface area contributed by atoms with Crippen LogP contribution in [0.1, 0.15) is 20.7 Å². The smallest absolute Gasteiger partial charge is 0.336 e. The van der Waals surface area contributed by atoms with E-state index in [1.54, 1.807) is 36.4 Å². The number of hydrogen-bond donors (Lipinski definition) is 2. The molecule has 3 heterocycles. The Kier molecular flexibility index (Phi) is 4.64. The van der Waals surface area contributed by atoms with Crippen molar-refractivity contribution in [2.24, 2.45) is 0 Å². The third kappa shape index (κ3) is 3.40. The summed E-state index contributed by atoms with van der Waals surface area (Å²) in [5, 5.41) is 20.2. The Hall–Kier alpha value is -4.11. The molecule has 2 aromatic heterocycles. The Balaban J connectivity index is 1.58. The highest BCUT2D eigenvalue weighted by Gasteiger charge is 2.26. The van der Waals surface area contributed by atoms with Crippen LogP contribution >= 0.6 is 11.3 Å². The number of nitrogens with one attached hydrogen (secondary N) is 1. The minimum atomic E-state index is -1.10. The molecule has 1 aliphatic heterocycles. The molecule has 0 saturated heterocycles. The molecule has 0 fully saturated rings. The largest absolute Gasteiger partial charge is 0.478 e. The van der Waals surface area contributed by atoms with Crippen molar-refractivity contribution in [3.05, 3.63) is 70.4 Å². The Morgan fingerprint density at radius 2 is 1.90 bits per heavy atom. The van der Waals surface area contributed by atoms with Crippen LogP contribution < -0.4 is 14.8 Å². The Morgan fingerprint density at radius 1 is 1.06 bits per heavy atom. The van der Waals surface area contributed by atoms with Crippen LogP contribution in [0.2, 0.25) is 0 Å². The van der Waals surface area contributed by atoms with Crippen molar-refractivity contribution >= 4 is 29.1 Å². The average molecular weight is 434 g/mol. The summed E-state index contributed by atoms with van der Waals surface area (Å²) in [5.41, 5.74) is 2.38. The highest BCUT2D eigenvalue weighted by atomic mass is 32.1. The Labute approximate surface area is 179 Å². The number of hydrogen-bond acceptors (Lipinski definition) is 7. The number of carboxylic acid groups (broad SMARTS) is 1. The van der Waals surface area contributed by atoms with E-state index >= 15 is 0 Å². The van der Waals surface area contributed by atoms with Crippen molar-refractivity contribution in [2.45, 2.75) is 0 Å². The summed E-state index contributed by atoms with van der Waals surface area (Å²) in [4.78, 5) is 24.7. The van der Waals surface area contributed by atoms with Crippen LogP contribution in [0, 0.1) is 0 Å². The number of carbonyl (C=O) groups is 2. The van der Waals surface area contributed by atoms with E-state index in [1.807, 2.05) is 16.8 Å². The van der Waals surface area contributed by atoms with Crippen molar-refractivity contribution in [3.8, 4) is 33.9 Å². The van der Waals surface area contributed by atoms with E-state index in [9.17, 15) is 14.7 Å². The Morgan fingerprint density at radius 3 is 2.71 bits per heavy atom. The van der Waals surface area contributed by atoms with Crippen molar-refractivity contribution in [1.29, 1.82) is 0 Å². The van der Waals surface area contributed by atoms with E-state index in [4.69, 9.17) is 14.0 Å². The summed E-state index contributed by atoms with van der Waals surface area (Å²) in [6, 6.07) is 13.2. The fourth-order valence-corrected chi connectivity index (χ4v) is 3.96. The van der Waals surface area contributed by atoms with Crippen LogP contribution in [0.5, 0.6) is 11.5 Å². The second-order valence-corrected chi connectivity index (χ2v) is 7.40. The third-order valence-electron chi connectivity index (χ3n) is 4.78. The number of thiophene rings is 1. The lowest BCUT2D eigenvalue weighted by Gasteiger charge is -2.09. The molecule has 5 rings (SSSR count).